The molecule has 0 aromatic rings. The summed E-state index contributed by atoms with van der Waals surface area (Å²) in [7, 11) is 1.49. The fraction of sp³-hybridized carbons (Fsp3) is 0.909. The van der Waals surface area contributed by atoms with E-state index < -0.39 is 0 Å². The molecule has 0 aromatic heterocycles. The minimum absolute atomic E-state index is 0.0269. The summed E-state index contributed by atoms with van der Waals surface area (Å²) in [4.78, 5) is 11.6. The van der Waals surface area contributed by atoms with Crippen LogP contribution in [0.1, 0.15) is 26.7 Å². The van der Waals surface area contributed by atoms with E-state index >= 15 is 0 Å². The zero-order chi connectivity index (χ0) is 10.4. The van der Waals surface area contributed by atoms with Crippen molar-refractivity contribution in [3.63, 3.8) is 0 Å². The fourth-order valence-electron chi connectivity index (χ4n) is 3.14. The fourth-order valence-corrected chi connectivity index (χ4v) is 3.14. The SMILES string of the molecule is COC(=O)C12CNCC(C(C)C)(C1)C2. The van der Waals surface area contributed by atoms with Gasteiger partial charge in [0.15, 0.2) is 0 Å². The first-order valence-electron chi connectivity index (χ1n) is 5.34. The van der Waals surface area contributed by atoms with E-state index in [1.807, 2.05) is 0 Å². The van der Waals surface area contributed by atoms with Gasteiger partial charge in [-0.1, -0.05) is 13.8 Å². The van der Waals surface area contributed by atoms with Crippen LogP contribution in [0.2, 0.25) is 0 Å². The first-order valence-corrected chi connectivity index (χ1v) is 5.34. The van der Waals surface area contributed by atoms with Crippen LogP contribution >= 0.6 is 0 Å². The number of hydrogen-bond donors (Lipinski definition) is 1. The molecule has 3 heteroatoms. The van der Waals surface area contributed by atoms with Crippen LogP contribution in [0.5, 0.6) is 0 Å². The second-order valence-corrected chi connectivity index (χ2v) is 5.25. The third-order valence-corrected chi connectivity index (χ3v) is 4.16. The lowest BCUT2D eigenvalue weighted by molar-refractivity contribution is -0.181. The Morgan fingerprint density at radius 3 is 2.50 bits per heavy atom. The Morgan fingerprint density at radius 2 is 2.00 bits per heavy atom. The van der Waals surface area contributed by atoms with E-state index in [0.29, 0.717) is 11.3 Å². The Bertz CT molecular complexity index is 254. The summed E-state index contributed by atoms with van der Waals surface area (Å²) < 4.78 is 4.88. The molecule has 80 valence electrons. The Labute approximate surface area is 85.2 Å². The van der Waals surface area contributed by atoms with Crippen molar-refractivity contribution < 1.29 is 9.53 Å². The molecule has 3 nitrogen and oxygen atoms in total. The van der Waals surface area contributed by atoms with Crippen LogP contribution in [0.25, 0.3) is 0 Å². The van der Waals surface area contributed by atoms with Crippen LogP contribution in [0.3, 0.4) is 0 Å². The lowest BCUT2D eigenvalue weighted by atomic mass is 9.47. The molecule has 0 amide bonds. The Kier molecular flexibility index (Phi) is 2.11. The number of rotatable bonds is 2. The molecule has 2 bridgehead atoms. The number of carbonyl (C=O) groups is 1. The molecule has 0 aromatic carbocycles. The second kappa shape index (κ2) is 2.96. The minimum Gasteiger partial charge on any atom is -0.469 e. The monoisotopic (exact) mass is 197 g/mol. The number of esters is 1. The summed E-state index contributed by atoms with van der Waals surface area (Å²) in [6.07, 6.45) is 2.02. The maximum absolute atomic E-state index is 11.6. The molecular formula is C11H19NO2. The number of fused-ring (bicyclic) bond motifs is 2. The van der Waals surface area contributed by atoms with Crippen molar-refractivity contribution in [1.82, 2.24) is 5.32 Å². The third-order valence-electron chi connectivity index (χ3n) is 4.16. The van der Waals surface area contributed by atoms with E-state index in [4.69, 9.17) is 4.74 Å². The summed E-state index contributed by atoms with van der Waals surface area (Å²) >= 11 is 0. The van der Waals surface area contributed by atoms with Crippen LogP contribution in [-0.4, -0.2) is 26.2 Å². The van der Waals surface area contributed by atoms with Gasteiger partial charge in [0.05, 0.1) is 12.5 Å². The zero-order valence-electron chi connectivity index (χ0n) is 9.22. The van der Waals surface area contributed by atoms with E-state index in [0.717, 1.165) is 25.9 Å². The normalized spacial score (nSPS) is 40.6. The third kappa shape index (κ3) is 1.11. The summed E-state index contributed by atoms with van der Waals surface area (Å²) in [6, 6.07) is 0. The van der Waals surface area contributed by atoms with Gasteiger partial charge in [-0.25, -0.2) is 0 Å². The predicted molar refractivity (Wildman–Crippen MR) is 53.8 cm³/mol. The molecule has 1 saturated carbocycles. The summed E-state index contributed by atoms with van der Waals surface area (Å²) in [5.41, 5.74) is 0.156. The molecular weight excluding hydrogens is 178 g/mol. The lowest BCUT2D eigenvalue weighted by Gasteiger charge is -2.61. The van der Waals surface area contributed by atoms with Crippen molar-refractivity contribution in [3.05, 3.63) is 0 Å². The van der Waals surface area contributed by atoms with Gasteiger partial charge in [0.25, 0.3) is 0 Å². The van der Waals surface area contributed by atoms with E-state index in [1.54, 1.807) is 0 Å². The Balaban J connectivity index is 2.12. The molecule has 3 fully saturated rings. The molecule has 0 spiro atoms. The van der Waals surface area contributed by atoms with Gasteiger partial charge in [-0.3, -0.25) is 4.79 Å². The van der Waals surface area contributed by atoms with Crippen molar-refractivity contribution in [2.45, 2.75) is 26.7 Å². The number of piperidine rings is 2. The van der Waals surface area contributed by atoms with Gasteiger partial charge < -0.3 is 10.1 Å². The molecule has 0 atom stereocenters. The van der Waals surface area contributed by atoms with Crippen molar-refractivity contribution in [2.75, 3.05) is 20.2 Å². The topological polar surface area (TPSA) is 38.3 Å². The molecule has 14 heavy (non-hydrogen) atoms. The second-order valence-electron chi connectivity index (χ2n) is 5.25. The van der Waals surface area contributed by atoms with Crippen LogP contribution in [-0.2, 0) is 9.53 Å². The largest absolute Gasteiger partial charge is 0.469 e. The van der Waals surface area contributed by atoms with Gasteiger partial charge in [0.1, 0.15) is 0 Å². The maximum atomic E-state index is 11.6. The lowest BCUT2D eigenvalue weighted by Crippen LogP contribution is -2.66. The predicted octanol–water partition coefficient (Wildman–Crippen LogP) is 1.19. The molecule has 0 radical (unpaired) electrons. The zero-order valence-corrected chi connectivity index (χ0v) is 9.22. The van der Waals surface area contributed by atoms with Crippen molar-refractivity contribution in [1.29, 1.82) is 0 Å². The molecule has 2 saturated heterocycles. The summed E-state index contributed by atoms with van der Waals surface area (Å²) in [5, 5.41) is 3.36. The summed E-state index contributed by atoms with van der Waals surface area (Å²) in [6.45, 7) is 6.35. The first kappa shape index (κ1) is 9.97. The average molecular weight is 197 g/mol. The smallest absolute Gasteiger partial charge is 0.313 e. The highest BCUT2D eigenvalue weighted by Gasteiger charge is 2.62. The molecule has 1 aliphatic carbocycles. The quantitative estimate of drug-likeness (QED) is 0.676. The Morgan fingerprint density at radius 1 is 1.36 bits per heavy atom. The number of nitrogens with one attached hydrogen (secondary N) is 1. The van der Waals surface area contributed by atoms with E-state index in [1.165, 1.54) is 7.11 Å². The molecule has 3 rings (SSSR count). The molecule has 2 aliphatic heterocycles. The number of ether oxygens (including phenoxy) is 1. The van der Waals surface area contributed by atoms with Gasteiger partial charge in [0.2, 0.25) is 0 Å². The number of methoxy groups -OCH3 is 1. The van der Waals surface area contributed by atoms with Gasteiger partial charge in [-0.15, -0.1) is 0 Å². The highest BCUT2D eigenvalue weighted by atomic mass is 16.5. The number of hydrogen-bond acceptors (Lipinski definition) is 3. The molecule has 2 heterocycles. The van der Waals surface area contributed by atoms with Crippen LogP contribution < -0.4 is 5.32 Å². The van der Waals surface area contributed by atoms with Crippen LogP contribution in [0, 0.1) is 16.7 Å². The van der Waals surface area contributed by atoms with Crippen LogP contribution in [0.4, 0.5) is 0 Å². The van der Waals surface area contributed by atoms with Crippen LogP contribution in [0.15, 0.2) is 0 Å². The van der Waals surface area contributed by atoms with Crippen molar-refractivity contribution in [3.8, 4) is 0 Å². The standard InChI is InChI=1S/C11H19NO2/c1-8(2)10-4-11(5-10,7-12-6-10)9(13)14-3/h8,12H,4-7H2,1-3H3. The van der Waals surface area contributed by atoms with E-state index in [9.17, 15) is 4.79 Å². The Hall–Kier alpha value is -0.570. The van der Waals surface area contributed by atoms with Gasteiger partial charge in [-0.2, -0.15) is 0 Å². The van der Waals surface area contributed by atoms with E-state index in [-0.39, 0.29) is 11.4 Å². The molecule has 3 aliphatic rings. The highest BCUT2D eigenvalue weighted by Crippen LogP contribution is 2.60. The molecule has 1 N–H and O–H groups in total. The summed E-state index contributed by atoms with van der Waals surface area (Å²) in [5.74, 6) is 0.619. The highest BCUT2D eigenvalue weighted by molar-refractivity contribution is 5.79. The number of carbonyl (C=O) groups excluding carboxylic acids is 1. The molecule has 0 unspecified atom stereocenters. The van der Waals surface area contributed by atoms with Crippen molar-refractivity contribution >= 4 is 5.97 Å². The minimum atomic E-state index is -0.197. The van der Waals surface area contributed by atoms with Gasteiger partial charge in [0, 0.05) is 13.1 Å². The van der Waals surface area contributed by atoms with Crippen molar-refractivity contribution in [2.24, 2.45) is 16.7 Å². The first-order chi connectivity index (χ1) is 6.55. The van der Waals surface area contributed by atoms with Gasteiger partial charge in [-0.05, 0) is 24.2 Å². The van der Waals surface area contributed by atoms with Gasteiger partial charge >= 0.3 is 5.97 Å². The maximum Gasteiger partial charge on any atom is 0.313 e. The van der Waals surface area contributed by atoms with E-state index in [2.05, 4.69) is 19.2 Å². The average Bonchev–Trinajstić information content (AvgIpc) is 2.15.